The van der Waals surface area contributed by atoms with Crippen molar-refractivity contribution in [1.29, 1.82) is 0 Å². The van der Waals surface area contributed by atoms with Crippen LogP contribution in [-0.4, -0.2) is 14.2 Å². The van der Waals surface area contributed by atoms with E-state index in [9.17, 15) is 13.2 Å². The molecule has 3 aromatic rings. The summed E-state index contributed by atoms with van der Waals surface area (Å²) in [5, 5.41) is 3.21. The monoisotopic (exact) mass is 380 g/mol. The molecule has 6 heteroatoms. The number of carbonyl (C=O) groups excluding carboxylic acids is 1. The molecule has 0 bridgehead atoms. The second-order valence-corrected chi connectivity index (χ2v) is 7.94. The molecule has 0 heterocycles. The molecule has 3 aromatic carbocycles. The minimum Gasteiger partial charge on any atom is -0.356 e. The van der Waals surface area contributed by atoms with Gasteiger partial charge in [-0.1, -0.05) is 17.7 Å². The highest BCUT2D eigenvalue weighted by Crippen LogP contribution is 2.21. The van der Waals surface area contributed by atoms with Crippen LogP contribution in [0.1, 0.15) is 22.8 Å². The normalized spacial score (nSPS) is 11.0. The fourth-order valence-corrected chi connectivity index (χ4v) is 3.57. The van der Waals surface area contributed by atoms with Crippen molar-refractivity contribution in [2.45, 2.75) is 18.7 Å². The summed E-state index contributed by atoms with van der Waals surface area (Å²) in [5.41, 5.74) is 3.78. The molecular formula is C21H20N2O3S. The molecule has 0 spiro atoms. The molecule has 0 saturated carbocycles. The van der Waals surface area contributed by atoms with E-state index in [4.69, 9.17) is 0 Å². The first-order valence-corrected chi connectivity index (χ1v) is 9.89. The molecule has 0 saturated heterocycles. The van der Waals surface area contributed by atoms with Crippen LogP contribution in [0.4, 0.5) is 17.1 Å². The van der Waals surface area contributed by atoms with Crippen molar-refractivity contribution in [2.75, 3.05) is 10.0 Å². The first-order chi connectivity index (χ1) is 12.8. The number of ketones is 1. The Balaban J connectivity index is 1.69. The van der Waals surface area contributed by atoms with Gasteiger partial charge in [0.25, 0.3) is 10.0 Å². The molecule has 0 aliphatic carbocycles. The van der Waals surface area contributed by atoms with Crippen molar-refractivity contribution < 1.29 is 13.2 Å². The summed E-state index contributed by atoms with van der Waals surface area (Å²) < 4.78 is 27.4. The summed E-state index contributed by atoms with van der Waals surface area (Å²) in [4.78, 5) is 11.5. The Labute approximate surface area is 159 Å². The number of anilines is 3. The molecule has 0 aliphatic rings. The fourth-order valence-electron chi connectivity index (χ4n) is 2.51. The zero-order valence-corrected chi connectivity index (χ0v) is 15.9. The number of Topliss-reactive ketones (excluding diaryl/α,β-unsaturated/α-hetero) is 1. The molecule has 0 amide bonds. The van der Waals surface area contributed by atoms with E-state index in [-0.39, 0.29) is 10.7 Å². The highest BCUT2D eigenvalue weighted by atomic mass is 32.2. The van der Waals surface area contributed by atoms with Crippen LogP contribution in [0.25, 0.3) is 0 Å². The number of aryl methyl sites for hydroxylation is 1. The average molecular weight is 380 g/mol. The van der Waals surface area contributed by atoms with Gasteiger partial charge in [0.2, 0.25) is 0 Å². The maximum Gasteiger partial charge on any atom is 0.261 e. The molecule has 0 aromatic heterocycles. The van der Waals surface area contributed by atoms with Gasteiger partial charge in [-0.25, -0.2) is 8.42 Å². The van der Waals surface area contributed by atoms with Crippen molar-refractivity contribution in [3.63, 3.8) is 0 Å². The summed E-state index contributed by atoms with van der Waals surface area (Å²) in [5.74, 6) is 0.0202. The zero-order valence-electron chi connectivity index (χ0n) is 15.1. The van der Waals surface area contributed by atoms with E-state index in [0.717, 1.165) is 16.9 Å². The minimum atomic E-state index is -3.62. The van der Waals surface area contributed by atoms with Gasteiger partial charge in [0.15, 0.2) is 5.78 Å². The van der Waals surface area contributed by atoms with Crippen LogP contribution >= 0.6 is 0 Å². The topological polar surface area (TPSA) is 75.3 Å². The lowest BCUT2D eigenvalue weighted by Crippen LogP contribution is -2.12. The van der Waals surface area contributed by atoms with Crippen molar-refractivity contribution in [3.8, 4) is 0 Å². The lowest BCUT2D eigenvalue weighted by Gasteiger charge is -2.10. The van der Waals surface area contributed by atoms with Crippen LogP contribution in [0.5, 0.6) is 0 Å². The smallest absolute Gasteiger partial charge is 0.261 e. The van der Waals surface area contributed by atoms with Crippen molar-refractivity contribution in [1.82, 2.24) is 0 Å². The maximum absolute atomic E-state index is 12.4. The predicted molar refractivity (Wildman–Crippen MR) is 108 cm³/mol. The van der Waals surface area contributed by atoms with E-state index in [1.165, 1.54) is 6.92 Å². The molecule has 0 atom stereocenters. The maximum atomic E-state index is 12.4. The minimum absolute atomic E-state index is 0.0202. The Morgan fingerprint density at radius 2 is 1.22 bits per heavy atom. The van der Waals surface area contributed by atoms with Gasteiger partial charge in [-0.15, -0.1) is 0 Å². The standard InChI is InChI=1S/C21H20N2O3S/c1-15-3-13-21(14-4-15)27(25,26)23-20-11-9-19(10-12-20)22-18-7-5-17(6-8-18)16(2)24/h3-14,22-23H,1-2H3. The van der Waals surface area contributed by atoms with Crippen LogP contribution in [0.2, 0.25) is 0 Å². The number of sulfonamides is 1. The lowest BCUT2D eigenvalue weighted by molar-refractivity contribution is 0.101. The summed E-state index contributed by atoms with van der Waals surface area (Å²) in [6.45, 7) is 3.43. The van der Waals surface area contributed by atoms with Crippen LogP contribution in [0, 0.1) is 6.92 Å². The van der Waals surface area contributed by atoms with E-state index in [1.54, 1.807) is 60.7 Å². The molecule has 138 valence electrons. The van der Waals surface area contributed by atoms with E-state index in [2.05, 4.69) is 10.0 Å². The molecule has 0 unspecified atom stereocenters. The first kappa shape index (κ1) is 18.7. The largest absolute Gasteiger partial charge is 0.356 e. The highest BCUT2D eigenvalue weighted by Gasteiger charge is 2.13. The van der Waals surface area contributed by atoms with Gasteiger partial charge in [0.1, 0.15) is 0 Å². The van der Waals surface area contributed by atoms with Crippen molar-refractivity contribution >= 4 is 32.9 Å². The number of hydrogen-bond acceptors (Lipinski definition) is 4. The number of nitrogens with one attached hydrogen (secondary N) is 2. The van der Waals surface area contributed by atoms with Crippen LogP contribution < -0.4 is 10.0 Å². The van der Waals surface area contributed by atoms with E-state index < -0.39 is 10.0 Å². The molecular weight excluding hydrogens is 360 g/mol. The predicted octanol–water partition coefficient (Wildman–Crippen LogP) is 4.74. The second kappa shape index (κ2) is 7.63. The Hall–Kier alpha value is -3.12. The summed E-state index contributed by atoms with van der Waals surface area (Å²) in [6.07, 6.45) is 0. The molecule has 5 nitrogen and oxygen atoms in total. The van der Waals surface area contributed by atoms with Gasteiger partial charge in [0, 0.05) is 22.6 Å². The first-order valence-electron chi connectivity index (χ1n) is 8.41. The Kier molecular flexibility index (Phi) is 5.28. The van der Waals surface area contributed by atoms with Crippen molar-refractivity contribution in [2.24, 2.45) is 0 Å². The number of rotatable bonds is 6. The fraction of sp³-hybridized carbons (Fsp3) is 0.0952. The van der Waals surface area contributed by atoms with Gasteiger partial charge < -0.3 is 5.32 Å². The zero-order chi connectivity index (χ0) is 19.4. The van der Waals surface area contributed by atoms with Crippen LogP contribution in [-0.2, 0) is 10.0 Å². The average Bonchev–Trinajstić information content (AvgIpc) is 2.64. The SMILES string of the molecule is CC(=O)c1ccc(Nc2ccc(NS(=O)(=O)c3ccc(C)cc3)cc2)cc1. The molecule has 27 heavy (non-hydrogen) atoms. The summed E-state index contributed by atoms with van der Waals surface area (Å²) in [6, 6.07) is 20.8. The van der Waals surface area contributed by atoms with Gasteiger partial charge in [-0.2, -0.15) is 0 Å². The van der Waals surface area contributed by atoms with Gasteiger partial charge >= 0.3 is 0 Å². The molecule has 0 fully saturated rings. The second-order valence-electron chi connectivity index (χ2n) is 6.25. The lowest BCUT2D eigenvalue weighted by atomic mass is 10.1. The molecule has 3 rings (SSSR count). The van der Waals surface area contributed by atoms with Gasteiger partial charge in [0.05, 0.1) is 4.90 Å². The molecule has 0 radical (unpaired) electrons. The third-order valence-corrected chi connectivity index (χ3v) is 5.45. The highest BCUT2D eigenvalue weighted by molar-refractivity contribution is 7.92. The quantitative estimate of drug-likeness (QED) is 0.606. The van der Waals surface area contributed by atoms with Gasteiger partial charge in [-0.3, -0.25) is 9.52 Å². The van der Waals surface area contributed by atoms with Crippen LogP contribution in [0.15, 0.2) is 77.7 Å². The summed E-state index contributed by atoms with van der Waals surface area (Å²) >= 11 is 0. The molecule has 2 N–H and O–H groups in total. The third kappa shape index (κ3) is 4.74. The molecule has 0 aliphatic heterocycles. The Morgan fingerprint density at radius 1 is 0.741 bits per heavy atom. The number of hydrogen-bond donors (Lipinski definition) is 2. The van der Waals surface area contributed by atoms with E-state index in [1.807, 2.05) is 19.1 Å². The van der Waals surface area contributed by atoms with Crippen molar-refractivity contribution in [3.05, 3.63) is 83.9 Å². The van der Waals surface area contributed by atoms with E-state index in [0.29, 0.717) is 11.3 Å². The van der Waals surface area contributed by atoms with E-state index >= 15 is 0 Å². The number of benzene rings is 3. The summed E-state index contributed by atoms with van der Waals surface area (Å²) in [7, 11) is -3.62. The van der Waals surface area contributed by atoms with Gasteiger partial charge in [-0.05, 0) is 74.5 Å². The Morgan fingerprint density at radius 3 is 1.74 bits per heavy atom. The van der Waals surface area contributed by atoms with Crippen LogP contribution in [0.3, 0.4) is 0 Å². The third-order valence-electron chi connectivity index (χ3n) is 4.05. The number of carbonyl (C=O) groups is 1. The Bertz CT molecular complexity index is 1040.